The molecule has 8 heteroatoms. The van der Waals surface area contributed by atoms with Crippen molar-refractivity contribution in [1.82, 2.24) is 4.72 Å². The first-order valence-electron chi connectivity index (χ1n) is 10.9. The zero-order chi connectivity index (χ0) is 25.0. The second-order valence-corrected chi connectivity index (χ2v) is 8.74. The van der Waals surface area contributed by atoms with Crippen LogP contribution in [0.2, 0.25) is 0 Å². The van der Waals surface area contributed by atoms with Gasteiger partial charge in [0.1, 0.15) is 19.3 Å². The maximum absolute atomic E-state index is 12.7. The minimum atomic E-state index is -4.07. The van der Waals surface area contributed by atoms with Crippen molar-refractivity contribution >= 4 is 22.0 Å². The monoisotopic (exact) mass is 483 g/mol. The maximum Gasteiger partial charge on any atom is 0.338 e. The molecule has 0 amide bonds. The molecule has 0 aliphatic carbocycles. The van der Waals surface area contributed by atoms with E-state index in [0.29, 0.717) is 0 Å². The molecule has 0 spiro atoms. The molecule has 3 rings (SSSR count). The van der Waals surface area contributed by atoms with Crippen molar-refractivity contribution in [1.29, 1.82) is 0 Å². The Hall–Kier alpha value is -3.49. The van der Waals surface area contributed by atoms with E-state index in [2.05, 4.69) is 4.72 Å². The van der Waals surface area contributed by atoms with Crippen LogP contribution in [-0.2, 0) is 37.5 Å². The second kappa shape index (κ2) is 13.3. The largest absolute Gasteiger partial charge is 0.460 e. The Morgan fingerprint density at radius 1 is 0.794 bits per heavy atom. The molecule has 7 nitrogen and oxygen atoms in total. The van der Waals surface area contributed by atoms with Crippen molar-refractivity contribution in [2.45, 2.75) is 44.9 Å². The van der Waals surface area contributed by atoms with Gasteiger partial charge in [-0.05, 0) is 36.2 Å². The Bertz CT molecular complexity index is 1160. The SMILES string of the molecule is CC.C[C@H](NS(=O)(=O)c1cccc(C(=O)OCc2ccccc2)c1)C(=O)OCc1ccccc1. The average Bonchev–Trinajstić information content (AvgIpc) is 2.88. The summed E-state index contributed by atoms with van der Waals surface area (Å²) in [5.74, 6) is -1.36. The fraction of sp³-hybridized carbons (Fsp3) is 0.231. The lowest BCUT2D eigenvalue weighted by atomic mass is 10.2. The van der Waals surface area contributed by atoms with Gasteiger partial charge in [0.2, 0.25) is 10.0 Å². The molecule has 0 saturated carbocycles. The third kappa shape index (κ3) is 8.13. The Balaban J connectivity index is 0.00000199. The van der Waals surface area contributed by atoms with Gasteiger partial charge in [-0.25, -0.2) is 13.2 Å². The van der Waals surface area contributed by atoms with Crippen molar-refractivity contribution in [3.8, 4) is 0 Å². The minimum absolute atomic E-state index is 0.0362. The number of benzene rings is 3. The van der Waals surface area contributed by atoms with E-state index >= 15 is 0 Å². The number of esters is 2. The quantitative estimate of drug-likeness (QED) is 0.451. The van der Waals surface area contributed by atoms with E-state index in [9.17, 15) is 18.0 Å². The van der Waals surface area contributed by atoms with Crippen LogP contribution in [0.15, 0.2) is 89.8 Å². The molecule has 1 N–H and O–H groups in total. The van der Waals surface area contributed by atoms with E-state index in [1.807, 2.05) is 62.4 Å². The number of carbonyl (C=O) groups is 2. The van der Waals surface area contributed by atoms with Crippen molar-refractivity contribution in [3.63, 3.8) is 0 Å². The highest BCUT2D eigenvalue weighted by atomic mass is 32.2. The maximum atomic E-state index is 12.7. The summed E-state index contributed by atoms with van der Waals surface area (Å²) in [6, 6.07) is 22.5. The number of nitrogens with one attached hydrogen (secondary N) is 1. The molecular weight excluding hydrogens is 454 g/mol. The molecule has 0 aliphatic rings. The van der Waals surface area contributed by atoms with Crippen LogP contribution < -0.4 is 4.72 Å². The fourth-order valence-electron chi connectivity index (χ4n) is 2.80. The molecule has 0 radical (unpaired) electrons. The summed E-state index contributed by atoms with van der Waals surface area (Å²) in [5, 5.41) is 0. The number of rotatable bonds is 9. The number of carbonyl (C=O) groups excluding carboxylic acids is 2. The fourth-order valence-corrected chi connectivity index (χ4v) is 4.04. The third-order valence-corrected chi connectivity index (χ3v) is 6.04. The van der Waals surface area contributed by atoms with Crippen LogP contribution in [0, 0.1) is 0 Å². The molecule has 0 aromatic heterocycles. The van der Waals surface area contributed by atoms with E-state index in [1.165, 1.54) is 31.2 Å². The third-order valence-electron chi connectivity index (χ3n) is 4.50. The predicted octanol–water partition coefficient (Wildman–Crippen LogP) is 4.48. The van der Waals surface area contributed by atoms with E-state index in [4.69, 9.17) is 9.47 Å². The molecule has 0 unspecified atom stereocenters. The van der Waals surface area contributed by atoms with Crippen LogP contribution in [-0.4, -0.2) is 26.4 Å². The topological polar surface area (TPSA) is 98.8 Å². The molecule has 0 heterocycles. The Morgan fingerprint density at radius 2 is 1.32 bits per heavy atom. The molecule has 0 fully saturated rings. The molecule has 0 aliphatic heterocycles. The van der Waals surface area contributed by atoms with Crippen LogP contribution in [0.1, 0.15) is 42.3 Å². The molecule has 34 heavy (non-hydrogen) atoms. The van der Waals surface area contributed by atoms with Gasteiger partial charge in [-0.15, -0.1) is 0 Å². The number of hydrogen-bond donors (Lipinski definition) is 1. The normalized spacial score (nSPS) is 11.5. The molecule has 180 valence electrons. The zero-order valence-corrected chi connectivity index (χ0v) is 20.2. The number of sulfonamides is 1. The molecular formula is C26H29NO6S. The summed E-state index contributed by atoms with van der Waals surface area (Å²) in [4.78, 5) is 24.4. The van der Waals surface area contributed by atoms with Gasteiger partial charge < -0.3 is 9.47 Å². The zero-order valence-electron chi connectivity index (χ0n) is 19.4. The van der Waals surface area contributed by atoms with Gasteiger partial charge in [0.05, 0.1) is 10.5 Å². The van der Waals surface area contributed by atoms with E-state index in [1.54, 1.807) is 12.1 Å². The summed E-state index contributed by atoms with van der Waals surface area (Å²) in [7, 11) is -4.07. The van der Waals surface area contributed by atoms with Crippen molar-refractivity contribution < 1.29 is 27.5 Å². The van der Waals surface area contributed by atoms with Crippen molar-refractivity contribution in [3.05, 3.63) is 102 Å². The van der Waals surface area contributed by atoms with Gasteiger partial charge in [-0.1, -0.05) is 80.6 Å². The molecule has 1 atom stereocenters. The van der Waals surface area contributed by atoms with Crippen molar-refractivity contribution in [2.24, 2.45) is 0 Å². The second-order valence-electron chi connectivity index (χ2n) is 7.03. The van der Waals surface area contributed by atoms with E-state index < -0.39 is 28.0 Å². The van der Waals surface area contributed by atoms with Crippen LogP contribution in [0.4, 0.5) is 0 Å². The van der Waals surface area contributed by atoms with Gasteiger partial charge in [-0.3, -0.25) is 4.79 Å². The molecule has 0 bridgehead atoms. The standard InChI is InChI=1S/C24H23NO6S.C2H6/c1-18(23(26)30-16-19-9-4-2-5-10-19)25-32(28,29)22-14-8-13-21(15-22)24(27)31-17-20-11-6-3-7-12-20;1-2/h2-15,18,25H,16-17H2,1H3;1-2H3/t18-;/m0./s1. The molecule has 0 saturated heterocycles. The predicted molar refractivity (Wildman–Crippen MR) is 129 cm³/mol. The molecule has 3 aromatic carbocycles. The lowest BCUT2D eigenvalue weighted by Crippen LogP contribution is -2.39. The van der Waals surface area contributed by atoms with Crippen LogP contribution in [0.5, 0.6) is 0 Å². The number of hydrogen-bond acceptors (Lipinski definition) is 6. The lowest BCUT2D eigenvalue weighted by Gasteiger charge is -2.14. The van der Waals surface area contributed by atoms with Gasteiger partial charge in [0, 0.05) is 0 Å². The Kier molecular flexibility index (Phi) is 10.4. The Labute approximate surface area is 200 Å². The first kappa shape index (κ1) is 26.8. The van der Waals surface area contributed by atoms with E-state index in [-0.39, 0.29) is 23.7 Å². The Morgan fingerprint density at radius 3 is 1.88 bits per heavy atom. The highest BCUT2D eigenvalue weighted by Gasteiger charge is 2.24. The van der Waals surface area contributed by atoms with Gasteiger partial charge in [0.25, 0.3) is 0 Å². The van der Waals surface area contributed by atoms with Gasteiger partial charge in [0.15, 0.2) is 0 Å². The highest BCUT2D eigenvalue weighted by molar-refractivity contribution is 7.89. The smallest absolute Gasteiger partial charge is 0.338 e. The summed E-state index contributed by atoms with van der Waals surface area (Å²) in [6.07, 6.45) is 0. The van der Waals surface area contributed by atoms with Gasteiger partial charge in [-0.2, -0.15) is 4.72 Å². The van der Waals surface area contributed by atoms with Crippen LogP contribution in [0.25, 0.3) is 0 Å². The lowest BCUT2D eigenvalue weighted by molar-refractivity contribution is -0.146. The van der Waals surface area contributed by atoms with Crippen LogP contribution >= 0.6 is 0 Å². The van der Waals surface area contributed by atoms with Crippen molar-refractivity contribution in [2.75, 3.05) is 0 Å². The van der Waals surface area contributed by atoms with Gasteiger partial charge >= 0.3 is 11.9 Å². The average molecular weight is 484 g/mol. The summed E-state index contributed by atoms with van der Waals surface area (Å²) in [6.45, 7) is 5.50. The summed E-state index contributed by atoms with van der Waals surface area (Å²) >= 11 is 0. The first-order chi connectivity index (χ1) is 16.3. The van der Waals surface area contributed by atoms with Crippen LogP contribution in [0.3, 0.4) is 0 Å². The van der Waals surface area contributed by atoms with E-state index in [0.717, 1.165) is 11.1 Å². The first-order valence-corrected chi connectivity index (χ1v) is 12.4. The summed E-state index contributed by atoms with van der Waals surface area (Å²) < 4.78 is 38.1. The summed E-state index contributed by atoms with van der Waals surface area (Å²) in [5.41, 5.74) is 1.69. The minimum Gasteiger partial charge on any atom is -0.460 e. The molecule has 3 aromatic rings. The highest BCUT2D eigenvalue weighted by Crippen LogP contribution is 2.14. The number of ether oxygens (including phenoxy) is 2.